The lowest BCUT2D eigenvalue weighted by atomic mass is 10.1. The molecule has 0 radical (unpaired) electrons. The number of nitrogens with zero attached hydrogens (tertiary/aromatic N) is 1. The minimum absolute atomic E-state index is 0.151. The van der Waals surface area contributed by atoms with Crippen LogP contribution in [0.3, 0.4) is 0 Å². The van der Waals surface area contributed by atoms with Crippen LogP contribution in [0, 0.1) is 0 Å². The molecule has 1 heterocycles. The first-order chi connectivity index (χ1) is 9.60. The Morgan fingerprint density at radius 3 is 2.80 bits per heavy atom. The minimum atomic E-state index is -0.151. The number of aromatic nitrogens is 1. The van der Waals surface area contributed by atoms with E-state index in [9.17, 15) is 0 Å². The molecule has 2 N–H and O–H groups in total. The molecule has 1 atom stereocenters. The molecule has 0 spiro atoms. The molecule has 0 saturated carbocycles. The summed E-state index contributed by atoms with van der Waals surface area (Å²) < 4.78 is 10.9. The lowest BCUT2D eigenvalue weighted by molar-refractivity contribution is 0.293. The average Bonchev–Trinajstić information content (AvgIpc) is 2.46. The van der Waals surface area contributed by atoms with E-state index < -0.39 is 0 Å². The molecular weight excluding hydrogens is 276 g/mol. The molecule has 0 amide bonds. The normalized spacial score (nSPS) is 12.0. The highest BCUT2D eigenvalue weighted by Gasteiger charge is 2.09. The van der Waals surface area contributed by atoms with Crippen molar-refractivity contribution in [1.29, 1.82) is 0 Å². The van der Waals surface area contributed by atoms with Gasteiger partial charge in [0.2, 0.25) is 5.88 Å². The second-order valence-electron chi connectivity index (χ2n) is 4.43. The number of benzene rings is 1. The Morgan fingerprint density at radius 2 is 2.10 bits per heavy atom. The highest BCUT2D eigenvalue weighted by molar-refractivity contribution is 6.30. The maximum Gasteiger partial charge on any atom is 0.213 e. The monoisotopic (exact) mass is 292 g/mol. The van der Waals surface area contributed by atoms with Crippen LogP contribution >= 0.6 is 11.6 Å². The van der Waals surface area contributed by atoms with Gasteiger partial charge in [0.05, 0.1) is 12.8 Å². The number of ether oxygens (including phenoxy) is 2. The molecule has 2 rings (SSSR count). The molecule has 0 aliphatic heterocycles. The number of nitrogens with two attached hydrogens (primary N) is 1. The third-order valence-corrected chi connectivity index (χ3v) is 3.06. The number of hydrogen-bond donors (Lipinski definition) is 1. The molecule has 1 aromatic heterocycles. The van der Waals surface area contributed by atoms with Crippen LogP contribution in [0.1, 0.15) is 24.2 Å². The third-order valence-electron chi connectivity index (χ3n) is 2.83. The summed E-state index contributed by atoms with van der Waals surface area (Å²) in [7, 11) is 1.58. The third kappa shape index (κ3) is 3.62. The van der Waals surface area contributed by atoms with Gasteiger partial charge in [-0.2, -0.15) is 0 Å². The average molecular weight is 293 g/mol. The first-order valence-electron chi connectivity index (χ1n) is 6.28. The molecule has 0 saturated heterocycles. The molecule has 0 bridgehead atoms. The van der Waals surface area contributed by atoms with E-state index in [0.29, 0.717) is 23.3 Å². The van der Waals surface area contributed by atoms with E-state index in [2.05, 4.69) is 4.98 Å². The highest BCUT2D eigenvalue weighted by Crippen LogP contribution is 2.27. The van der Waals surface area contributed by atoms with Crippen LogP contribution in [0.15, 0.2) is 36.4 Å². The van der Waals surface area contributed by atoms with Gasteiger partial charge in [0.25, 0.3) is 0 Å². The SMILES string of the molecule is COc1cccc(COc2ccc(Cl)cc2C(C)N)n1. The van der Waals surface area contributed by atoms with Gasteiger partial charge in [-0.3, -0.25) is 0 Å². The van der Waals surface area contributed by atoms with Gasteiger partial charge in [0.15, 0.2) is 0 Å². The molecule has 5 heteroatoms. The first-order valence-corrected chi connectivity index (χ1v) is 6.65. The Bertz CT molecular complexity index is 588. The lowest BCUT2D eigenvalue weighted by Crippen LogP contribution is -2.08. The van der Waals surface area contributed by atoms with Gasteiger partial charge in [-0.15, -0.1) is 0 Å². The summed E-state index contributed by atoms with van der Waals surface area (Å²) in [5.74, 6) is 1.28. The van der Waals surface area contributed by atoms with Gasteiger partial charge in [-0.1, -0.05) is 17.7 Å². The van der Waals surface area contributed by atoms with Crippen molar-refractivity contribution < 1.29 is 9.47 Å². The Hall–Kier alpha value is -1.78. The Morgan fingerprint density at radius 1 is 1.30 bits per heavy atom. The molecular formula is C15H17ClN2O2. The van der Waals surface area contributed by atoms with E-state index in [4.69, 9.17) is 26.8 Å². The molecule has 1 unspecified atom stereocenters. The zero-order valence-electron chi connectivity index (χ0n) is 11.5. The van der Waals surface area contributed by atoms with Gasteiger partial charge >= 0.3 is 0 Å². The van der Waals surface area contributed by atoms with Gasteiger partial charge in [0.1, 0.15) is 12.4 Å². The van der Waals surface area contributed by atoms with Crippen LogP contribution in [0.25, 0.3) is 0 Å². The molecule has 0 fully saturated rings. The first kappa shape index (κ1) is 14.6. The highest BCUT2D eigenvalue weighted by atomic mass is 35.5. The van der Waals surface area contributed by atoms with Crippen molar-refractivity contribution in [3.8, 4) is 11.6 Å². The standard InChI is InChI=1S/C15H17ClN2O2/c1-10(17)13-8-11(16)6-7-14(13)20-9-12-4-3-5-15(18-12)19-2/h3-8,10H,9,17H2,1-2H3. The van der Waals surface area contributed by atoms with Gasteiger partial charge in [-0.05, 0) is 31.2 Å². The second-order valence-corrected chi connectivity index (χ2v) is 4.87. The summed E-state index contributed by atoms with van der Waals surface area (Å²) in [4.78, 5) is 4.29. The van der Waals surface area contributed by atoms with Crippen LogP contribution in [-0.2, 0) is 6.61 Å². The molecule has 106 valence electrons. The van der Waals surface area contributed by atoms with Crippen molar-refractivity contribution in [2.75, 3.05) is 7.11 Å². The lowest BCUT2D eigenvalue weighted by Gasteiger charge is -2.14. The number of pyridine rings is 1. The number of rotatable bonds is 5. The summed E-state index contributed by atoms with van der Waals surface area (Å²) in [6.07, 6.45) is 0. The summed E-state index contributed by atoms with van der Waals surface area (Å²) in [5, 5.41) is 0.643. The smallest absolute Gasteiger partial charge is 0.213 e. The van der Waals surface area contributed by atoms with Crippen LogP contribution in [0.4, 0.5) is 0 Å². The molecule has 0 aliphatic rings. The topological polar surface area (TPSA) is 57.4 Å². The molecule has 1 aromatic carbocycles. The fourth-order valence-electron chi connectivity index (χ4n) is 1.81. The number of halogens is 1. The van der Waals surface area contributed by atoms with Crippen molar-refractivity contribution in [2.45, 2.75) is 19.6 Å². The summed E-state index contributed by atoms with van der Waals surface area (Å²) in [6.45, 7) is 2.24. The van der Waals surface area contributed by atoms with E-state index in [-0.39, 0.29) is 6.04 Å². The van der Waals surface area contributed by atoms with E-state index in [0.717, 1.165) is 11.3 Å². The van der Waals surface area contributed by atoms with Crippen molar-refractivity contribution in [3.05, 3.63) is 52.7 Å². The van der Waals surface area contributed by atoms with Gasteiger partial charge < -0.3 is 15.2 Å². The van der Waals surface area contributed by atoms with Gasteiger partial charge in [-0.25, -0.2) is 4.98 Å². The zero-order valence-corrected chi connectivity index (χ0v) is 12.2. The molecule has 2 aromatic rings. The maximum absolute atomic E-state index is 5.98. The fraction of sp³-hybridized carbons (Fsp3) is 0.267. The van der Waals surface area contributed by atoms with E-state index in [1.54, 1.807) is 19.2 Å². The summed E-state index contributed by atoms with van der Waals surface area (Å²) in [5.41, 5.74) is 7.59. The minimum Gasteiger partial charge on any atom is -0.487 e. The second kappa shape index (κ2) is 6.59. The maximum atomic E-state index is 5.98. The van der Waals surface area contributed by atoms with Crippen molar-refractivity contribution in [2.24, 2.45) is 5.73 Å². The predicted molar refractivity (Wildman–Crippen MR) is 79.2 cm³/mol. The Labute approximate surface area is 123 Å². The molecule has 0 aliphatic carbocycles. The van der Waals surface area contributed by atoms with E-state index >= 15 is 0 Å². The Kier molecular flexibility index (Phi) is 4.82. The number of methoxy groups -OCH3 is 1. The molecule has 20 heavy (non-hydrogen) atoms. The largest absolute Gasteiger partial charge is 0.487 e. The van der Waals surface area contributed by atoms with Crippen molar-refractivity contribution in [3.63, 3.8) is 0 Å². The number of hydrogen-bond acceptors (Lipinski definition) is 4. The van der Waals surface area contributed by atoms with E-state index in [1.165, 1.54) is 0 Å². The van der Waals surface area contributed by atoms with Crippen molar-refractivity contribution in [1.82, 2.24) is 4.98 Å². The zero-order chi connectivity index (χ0) is 14.5. The van der Waals surface area contributed by atoms with Gasteiger partial charge in [0, 0.05) is 22.7 Å². The van der Waals surface area contributed by atoms with Crippen molar-refractivity contribution >= 4 is 11.6 Å². The van der Waals surface area contributed by atoms with Crippen LogP contribution in [0.2, 0.25) is 5.02 Å². The summed E-state index contributed by atoms with van der Waals surface area (Å²) in [6, 6.07) is 10.8. The van der Waals surface area contributed by atoms with Crippen LogP contribution in [-0.4, -0.2) is 12.1 Å². The quantitative estimate of drug-likeness (QED) is 0.918. The van der Waals surface area contributed by atoms with Crippen LogP contribution < -0.4 is 15.2 Å². The van der Waals surface area contributed by atoms with Crippen LogP contribution in [0.5, 0.6) is 11.6 Å². The predicted octanol–water partition coefficient (Wildman–Crippen LogP) is 3.34. The Balaban J connectivity index is 2.14. The molecule has 4 nitrogen and oxygen atoms in total. The summed E-state index contributed by atoms with van der Waals surface area (Å²) >= 11 is 5.98. The van der Waals surface area contributed by atoms with E-state index in [1.807, 2.05) is 31.2 Å². The fourth-order valence-corrected chi connectivity index (χ4v) is 1.99.